The van der Waals surface area contributed by atoms with Gasteiger partial charge >= 0.3 is 5.97 Å². The molecule has 1 aromatic carbocycles. The molecule has 2 heterocycles. The van der Waals surface area contributed by atoms with Gasteiger partial charge in [0.25, 0.3) is 5.91 Å². The number of amides is 1. The molecule has 2 aliphatic heterocycles. The first kappa shape index (κ1) is 14.6. The van der Waals surface area contributed by atoms with Crippen molar-refractivity contribution in [2.75, 3.05) is 25.3 Å². The monoisotopic (exact) mass is 306 g/mol. The number of carbonyl (C=O) groups excluding carboxylic acids is 2. The van der Waals surface area contributed by atoms with Gasteiger partial charge in [-0.2, -0.15) is 5.10 Å². The van der Waals surface area contributed by atoms with E-state index in [0.29, 0.717) is 31.7 Å². The second-order valence-corrected chi connectivity index (χ2v) is 5.10. The van der Waals surface area contributed by atoms with Crippen molar-refractivity contribution in [1.82, 2.24) is 0 Å². The Balaban J connectivity index is 1.90. The number of benzene rings is 1. The second-order valence-electron chi connectivity index (χ2n) is 5.10. The Labute approximate surface area is 126 Å². The molecule has 1 fully saturated rings. The van der Waals surface area contributed by atoms with E-state index in [4.69, 9.17) is 4.74 Å². The smallest absolute Gasteiger partial charge is 0.340 e. The van der Waals surface area contributed by atoms with Gasteiger partial charge in [-0.25, -0.2) is 14.2 Å². The summed E-state index contributed by atoms with van der Waals surface area (Å²) in [6.07, 6.45) is 1.17. The summed E-state index contributed by atoms with van der Waals surface area (Å²) in [4.78, 5) is 23.8. The zero-order valence-electron chi connectivity index (χ0n) is 12.0. The molecule has 1 atom stereocenters. The maximum atomic E-state index is 14.0. The summed E-state index contributed by atoms with van der Waals surface area (Å²) in [6.45, 7) is 1.05. The lowest BCUT2D eigenvalue weighted by atomic mass is 9.98. The van der Waals surface area contributed by atoms with Gasteiger partial charge in [-0.05, 0) is 18.6 Å². The van der Waals surface area contributed by atoms with Crippen molar-refractivity contribution in [3.8, 4) is 0 Å². The maximum absolute atomic E-state index is 14.0. The first-order valence-corrected chi connectivity index (χ1v) is 6.98. The zero-order chi connectivity index (χ0) is 15.7. The number of methoxy groups -OCH3 is 1. The van der Waals surface area contributed by atoms with Crippen LogP contribution in [0.3, 0.4) is 0 Å². The molecule has 2 aliphatic rings. The number of rotatable bonds is 2. The number of hydrazone groups is 1. The van der Waals surface area contributed by atoms with Gasteiger partial charge in [-0.1, -0.05) is 0 Å². The highest BCUT2D eigenvalue weighted by molar-refractivity contribution is 6.15. The summed E-state index contributed by atoms with van der Waals surface area (Å²) in [5.74, 6) is -1.99. The molecule has 6 nitrogen and oxygen atoms in total. The number of nitrogens with zero attached hydrogens (tertiary/aromatic N) is 2. The lowest BCUT2D eigenvalue weighted by molar-refractivity contribution is -0.120. The van der Waals surface area contributed by atoms with E-state index in [1.807, 2.05) is 0 Å². The number of hydrogen-bond acceptors (Lipinski definition) is 5. The molecule has 0 aliphatic carbocycles. The number of halogens is 1. The van der Waals surface area contributed by atoms with Crippen LogP contribution in [0.5, 0.6) is 0 Å². The van der Waals surface area contributed by atoms with Crippen molar-refractivity contribution < 1.29 is 23.5 Å². The molecule has 1 amide bonds. The average Bonchev–Trinajstić information content (AvgIpc) is 2.70. The Morgan fingerprint density at radius 2 is 2.27 bits per heavy atom. The minimum absolute atomic E-state index is 0.173. The second kappa shape index (κ2) is 5.84. The molecule has 0 radical (unpaired) electrons. The number of fused-ring (bicyclic) bond motifs is 1. The van der Waals surface area contributed by atoms with Crippen LogP contribution in [0.15, 0.2) is 23.3 Å². The van der Waals surface area contributed by atoms with Gasteiger partial charge in [-0.15, -0.1) is 0 Å². The highest BCUT2D eigenvalue weighted by Gasteiger charge is 2.37. The van der Waals surface area contributed by atoms with Crippen LogP contribution in [0.1, 0.15) is 23.2 Å². The largest absolute Gasteiger partial charge is 0.465 e. The van der Waals surface area contributed by atoms with Gasteiger partial charge in [0.15, 0.2) is 0 Å². The molecular formula is C15H15FN2O4. The molecule has 0 bridgehead atoms. The lowest BCUT2D eigenvalue weighted by Crippen LogP contribution is -2.27. The van der Waals surface area contributed by atoms with Crippen molar-refractivity contribution in [1.29, 1.82) is 0 Å². The van der Waals surface area contributed by atoms with E-state index < -0.39 is 11.8 Å². The van der Waals surface area contributed by atoms with Crippen molar-refractivity contribution in [2.45, 2.75) is 12.8 Å². The predicted octanol–water partition coefficient (Wildman–Crippen LogP) is 1.74. The van der Waals surface area contributed by atoms with Crippen LogP contribution in [0, 0.1) is 11.7 Å². The van der Waals surface area contributed by atoms with Crippen molar-refractivity contribution in [3.05, 3.63) is 29.6 Å². The summed E-state index contributed by atoms with van der Waals surface area (Å²) in [7, 11) is 1.18. The number of hydrogen-bond donors (Lipinski definition) is 0. The molecule has 116 valence electrons. The van der Waals surface area contributed by atoms with Gasteiger partial charge in [0.2, 0.25) is 0 Å². The fraction of sp³-hybridized carbons (Fsp3) is 0.400. The molecule has 1 saturated heterocycles. The van der Waals surface area contributed by atoms with Gasteiger partial charge in [0.1, 0.15) is 5.82 Å². The lowest BCUT2D eigenvalue weighted by Gasteiger charge is -2.14. The summed E-state index contributed by atoms with van der Waals surface area (Å²) < 4.78 is 23.8. The average molecular weight is 306 g/mol. The zero-order valence-corrected chi connectivity index (χ0v) is 12.0. The van der Waals surface area contributed by atoms with Gasteiger partial charge in [0.05, 0.1) is 36.6 Å². The van der Waals surface area contributed by atoms with Gasteiger partial charge in [-0.3, -0.25) is 4.79 Å². The topological polar surface area (TPSA) is 68.2 Å². The fourth-order valence-electron chi connectivity index (χ4n) is 2.63. The first-order chi connectivity index (χ1) is 10.6. The summed E-state index contributed by atoms with van der Waals surface area (Å²) in [5, 5.41) is 5.50. The van der Waals surface area contributed by atoms with Crippen molar-refractivity contribution in [3.63, 3.8) is 0 Å². The summed E-state index contributed by atoms with van der Waals surface area (Å²) >= 11 is 0. The molecule has 7 heteroatoms. The van der Waals surface area contributed by atoms with Crippen LogP contribution in [0.2, 0.25) is 0 Å². The van der Waals surface area contributed by atoms with E-state index >= 15 is 0 Å². The normalized spacial score (nSPS) is 21.2. The molecule has 3 rings (SSSR count). The maximum Gasteiger partial charge on any atom is 0.340 e. The van der Waals surface area contributed by atoms with Gasteiger partial charge in [0, 0.05) is 19.1 Å². The number of anilines is 1. The molecule has 22 heavy (non-hydrogen) atoms. The molecule has 1 aromatic rings. The highest BCUT2D eigenvalue weighted by atomic mass is 19.1. The molecule has 0 aromatic heterocycles. The third-order valence-corrected chi connectivity index (χ3v) is 3.79. The Morgan fingerprint density at radius 3 is 3.00 bits per heavy atom. The minimum atomic E-state index is -0.759. The highest BCUT2D eigenvalue weighted by Crippen LogP contribution is 2.29. The van der Waals surface area contributed by atoms with E-state index in [1.165, 1.54) is 24.3 Å². The van der Waals surface area contributed by atoms with E-state index in [0.717, 1.165) is 11.8 Å². The minimum Gasteiger partial charge on any atom is -0.465 e. The van der Waals surface area contributed by atoms with E-state index in [1.54, 1.807) is 0 Å². The standard InChI is InChI=1S/C15H15FN2O4/c1-21-15(20)10-3-2-9(8-12(10)16)18-14(19)11-4-6-22-7-5-13(11)17-18/h2-3,8,11H,4-7H2,1H3. The number of carbonyl (C=O) groups is 2. The van der Waals surface area contributed by atoms with Crippen LogP contribution in [-0.2, 0) is 14.3 Å². The third kappa shape index (κ3) is 2.48. The number of ether oxygens (including phenoxy) is 2. The van der Waals surface area contributed by atoms with Crippen molar-refractivity contribution >= 4 is 23.3 Å². The van der Waals surface area contributed by atoms with Crippen LogP contribution < -0.4 is 5.01 Å². The van der Waals surface area contributed by atoms with Gasteiger partial charge < -0.3 is 9.47 Å². The molecule has 0 saturated carbocycles. The molecular weight excluding hydrogens is 291 g/mol. The van der Waals surface area contributed by atoms with Crippen LogP contribution in [-0.4, -0.2) is 37.9 Å². The summed E-state index contributed by atoms with van der Waals surface area (Å²) in [6, 6.07) is 3.90. The Bertz CT molecular complexity index is 659. The third-order valence-electron chi connectivity index (χ3n) is 3.79. The Kier molecular flexibility index (Phi) is 3.89. The van der Waals surface area contributed by atoms with Crippen LogP contribution in [0.4, 0.5) is 10.1 Å². The molecule has 0 N–H and O–H groups in total. The predicted molar refractivity (Wildman–Crippen MR) is 76.2 cm³/mol. The Morgan fingerprint density at radius 1 is 1.45 bits per heavy atom. The SMILES string of the molecule is COC(=O)c1ccc(N2N=C3CCOCCC3C2=O)cc1F. The Hall–Kier alpha value is -2.28. The van der Waals surface area contributed by atoms with Crippen LogP contribution in [0.25, 0.3) is 0 Å². The van der Waals surface area contributed by atoms with E-state index in [9.17, 15) is 14.0 Å². The molecule has 0 spiro atoms. The van der Waals surface area contributed by atoms with E-state index in [-0.39, 0.29) is 17.4 Å². The fourth-order valence-corrected chi connectivity index (χ4v) is 2.63. The quantitative estimate of drug-likeness (QED) is 0.781. The van der Waals surface area contributed by atoms with Crippen LogP contribution >= 0.6 is 0 Å². The summed E-state index contributed by atoms with van der Waals surface area (Å²) in [5.41, 5.74) is 0.893. The van der Waals surface area contributed by atoms with Crippen molar-refractivity contribution in [2.24, 2.45) is 11.0 Å². The molecule has 1 unspecified atom stereocenters. The number of esters is 1. The first-order valence-electron chi connectivity index (χ1n) is 6.98. The van der Waals surface area contributed by atoms with E-state index in [2.05, 4.69) is 9.84 Å².